The van der Waals surface area contributed by atoms with Gasteiger partial charge in [0.1, 0.15) is 12.2 Å². The van der Waals surface area contributed by atoms with Crippen LogP contribution in [-0.4, -0.2) is 23.3 Å². The van der Waals surface area contributed by atoms with Crippen LogP contribution in [0.15, 0.2) is 11.6 Å². The number of ether oxygens (including phenoxy) is 1. The number of unbranched alkanes of at least 4 members (excludes halogenated alkanes) is 6. The number of carbonyl (C=O) groups excluding carboxylic acids is 1. The van der Waals surface area contributed by atoms with E-state index < -0.39 is 12.2 Å². The van der Waals surface area contributed by atoms with E-state index in [1.807, 2.05) is 6.08 Å². The van der Waals surface area contributed by atoms with Crippen molar-refractivity contribution in [2.75, 3.05) is 0 Å². The monoisotopic (exact) mass is 274 g/mol. The Bertz CT molecular complexity index is 445. The summed E-state index contributed by atoms with van der Waals surface area (Å²) < 4.78 is 4.94. The van der Waals surface area contributed by atoms with Gasteiger partial charge in [0, 0.05) is 6.42 Å². The Balaban J connectivity index is 2.08. The molecule has 20 heavy (non-hydrogen) atoms. The molecule has 1 N–H and O–H groups in total. The molecule has 0 bridgehead atoms. The maximum Gasteiger partial charge on any atom is 0.336 e. The third kappa shape index (κ3) is 5.51. The van der Waals surface area contributed by atoms with Crippen LogP contribution < -0.4 is 0 Å². The van der Waals surface area contributed by atoms with Crippen molar-refractivity contribution >= 4 is 5.97 Å². The molecular formula is C17H22O3. The SMILES string of the molecule is C#CC#CCCCCCCCC=C1C(=O)OC(C)C1O. The molecule has 1 fully saturated rings. The van der Waals surface area contributed by atoms with Gasteiger partial charge in [-0.2, -0.15) is 0 Å². The number of hydrogen-bond donors (Lipinski definition) is 1. The fourth-order valence-corrected chi connectivity index (χ4v) is 2.14. The zero-order valence-electron chi connectivity index (χ0n) is 12.0. The summed E-state index contributed by atoms with van der Waals surface area (Å²) in [6, 6.07) is 0. The van der Waals surface area contributed by atoms with Gasteiger partial charge in [0.2, 0.25) is 0 Å². The Morgan fingerprint density at radius 2 is 2.00 bits per heavy atom. The van der Waals surface area contributed by atoms with Crippen LogP contribution in [0.5, 0.6) is 0 Å². The van der Waals surface area contributed by atoms with Crippen LogP contribution in [0.3, 0.4) is 0 Å². The molecule has 3 heteroatoms. The Morgan fingerprint density at radius 3 is 2.65 bits per heavy atom. The van der Waals surface area contributed by atoms with Gasteiger partial charge in [-0.25, -0.2) is 4.79 Å². The van der Waals surface area contributed by atoms with Crippen LogP contribution in [0.1, 0.15) is 51.9 Å². The molecule has 1 saturated heterocycles. The highest BCUT2D eigenvalue weighted by Crippen LogP contribution is 2.21. The maximum absolute atomic E-state index is 11.4. The summed E-state index contributed by atoms with van der Waals surface area (Å²) in [5.74, 6) is 7.44. The molecule has 1 heterocycles. The van der Waals surface area contributed by atoms with Crippen LogP contribution in [0.4, 0.5) is 0 Å². The van der Waals surface area contributed by atoms with Crippen molar-refractivity contribution in [3.05, 3.63) is 11.6 Å². The van der Waals surface area contributed by atoms with Crippen LogP contribution in [0, 0.1) is 24.2 Å². The van der Waals surface area contributed by atoms with Crippen molar-refractivity contribution in [3.8, 4) is 24.2 Å². The standard InChI is InChI=1S/C17H22O3/c1-3-4-5-6-7-8-9-10-11-12-13-15-16(18)14(2)20-17(15)19/h1,13-14,16,18H,6-12H2,2H3. The molecule has 1 aliphatic rings. The summed E-state index contributed by atoms with van der Waals surface area (Å²) in [6.45, 7) is 1.70. The fraction of sp³-hybridized carbons (Fsp3) is 0.588. The number of esters is 1. The summed E-state index contributed by atoms with van der Waals surface area (Å²) in [7, 11) is 0. The highest BCUT2D eigenvalue weighted by molar-refractivity contribution is 5.92. The molecular weight excluding hydrogens is 252 g/mol. The number of hydrogen-bond acceptors (Lipinski definition) is 3. The second-order valence-electron chi connectivity index (χ2n) is 4.97. The minimum absolute atomic E-state index is 0.378. The second-order valence-corrected chi connectivity index (χ2v) is 4.97. The van der Waals surface area contributed by atoms with Gasteiger partial charge in [-0.1, -0.05) is 31.3 Å². The van der Waals surface area contributed by atoms with Crippen molar-refractivity contribution in [1.82, 2.24) is 0 Å². The summed E-state index contributed by atoms with van der Waals surface area (Å²) in [6.07, 6.45) is 12.9. The molecule has 0 amide bonds. The van der Waals surface area contributed by atoms with Gasteiger partial charge in [0.25, 0.3) is 0 Å². The topological polar surface area (TPSA) is 46.5 Å². The third-order valence-electron chi connectivity index (χ3n) is 3.32. The van der Waals surface area contributed by atoms with Gasteiger partial charge in [-0.15, -0.1) is 6.42 Å². The van der Waals surface area contributed by atoms with E-state index in [-0.39, 0.29) is 5.97 Å². The third-order valence-corrected chi connectivity index (χ3v) is 3.32. The lowest BCUT2D eigenvalue weighted by Crippen LogP contribution is -2.17. The first-order valence-corrected chi connectivity index (χ1v) is 7.19. The van der Waals surface area contributed by atoms with Crippen LogP contribution >= 0.6 is 0 Å². The minimum Gasteiger partial charge on any atom is -0.456 e. The first-order chi connectivity index (χ1) is 9.66. The first-order valence-electron chi connectivity index (χ1n) is 7.19. The lowest BCUT2D eigenvalue weighted by Gasteiger charge is -2.04. The van der Waals surface area contributed by atoms with E-state index in [0.717, 1.165) is 44.9 Å². The number of allylic oxidation sites excluding steroid dienone is 1. The summed E-state index contributed by atoms with van der Waals surface area (Å²) in [5.41, 5.74) is 0.419. The number of cyclic esters (lactones) is 1. The molecule has 0 spiro atoms. The summed E-state index contributed by atoms with van der Waals surface area (Å²) in [4.78, 5) is 11.4. The number of aliphatic hydroxyl groups is 1. The Labute approximate surface area is 121 Å². The zero-order valence-corrected chi connectivity index (χ0v) is 12.0. The highest BCUT2D eigenvalue weighted by atomic mass is 16.6. The second kappa shape index (κ2) is 9.23. The predicted molar refractivity (Wildman–Crippen MR) is 78.6 cm³/mol. The fourth-order valence-electron chi connectivity index (χ4n) is 2.14. The molecule has 0 aromatic rings. The number of terminal acetylenes is 1. The van der Waals surface area contributed by atoms with Crippen molar-refractivity contribution in [2.24, 2.45) is 0 Å². The van der Waals surface area contributed by atoms with E-state index in [0.29, 0.717) is 5.57 Å². The average Bonchev–Trinajstić information content (AvgIpc) is 2.67. The quantitative estimate of drug-likeness (QED) is 0.336. The molecule has 0 radical (unpaired) electrons. The van der Waals surface area contributed by atoms with E-state index >= 15 is 0 Å². The molecule has 2 unspecified atom stereocenters. The Hall–Kier alpha value is -1.71. The van der Waals surface area contributed by atoms with Crippen molar-refractivity contribution in [1.29, 1.82) is 0 Å². The van der Waals surface area contributed by atoms with Crippen LogP contribution in [0.2, 0.25) is 0 Å². The van der Waals surface area contributed by atoms with Gasteiger partial charge in [-0.3, -0.25) is 0 Å². The lowest BCUT2D eigenvalue weighted by atomic mass is 10.0. The molecule has 0 aliphatic carbocycles. The maximum atomic E-state index is 11.4. The average molecular weight is 274 g/mol. The molecule has 2 atom stereocenters. The summed E-state index contributed by atoms with van der Waals surface area (Å²) in [5, 5.41) is 9.73. The predicted octanol–water partition coefficient (Wildman–Crippen LogP) is 2.59. The van der Waals surface area contributed by atoms with E-state index in [9.17, 15) is 9.90 Å². The first kappa shape index (κ1) is 16.3. The van der Waals surface area contributed by atoms with E-state index in [4.69, 9.17) is 11.2 Å². The molecule has 1 rings (SSSR count). The van der Waals surface area contributed by atoms with Crippen molar-refractivity contribution < 1.29 is 14.6 Å². The summed E-state index contributed by atoms with van der Waals surface area (Å²) >= 11 is 0. The van der Waals surface area contributed by atoms with Gasteiger partial charge in [0.05, 0.1) is 5.57 Å². The van der Waals surface area contributed by atoms with Gasteiger partial charge in [0.15, 0.2) is 0 Å². The van der Waals surface area contributed by atoms with E-state index in [1.165, 1.54) is 0 Å². The van der Waals surface area contributed by atoms with Crippen LogP contribution in [0.25, 0.3) is 0 Å². The number of carbonyl (C=O) groups is 1. The molecule has 3 nitrogen and oxygen atoms in total. The van der Waals surface area contributed by atoms with E-state index in [1.54, 1.807) is 6.92 Å². The Kier molecular flexibility index (Phi) is 7.55. The normalized spacial score (nSPS) is 23.1. The largest absolute Gasteiger partial charge is 0.456 e. The van der Waals surface area contributed by atoms with Crippen molar-refractivity contribution in [2.45, 2.75) is 64.1 Å². The minimum atomic E-state index is -0.766. The van der Waals surface area contributed by atoms with Gasteiger partial charge in [-0.05, 0) is 38.0 Å². The number of rotatable bonds is 7. The van der Waals surface area contributed by atoms with Gasteiger partial charge >= 0.3 is 5.97 Å². The zero-order chi connectivity index (χ0) is 14.8. The molecule has 108 valence electrons. The highest BCUT2D eigenvalue weighted by Gasteiger charge is 2.34. The smallest absolute Gasteiger partial charge is 0.336 e. The Morgan fingerprint density at radius 1 is 1.30 bits per heavy atom. The molecule has 0 aromatic carbocycles. The molecule has 0 aromatic heterocycles. The van der Waals surface area contributed by atoms with Crippen molar-refractivity contribution in [3.63, 3.8) is 0 Å². The van der Waals surface area contributed by atoms with Crippen LogP contribution in [-0.2, 0) is 9.53 Å². The molecule has 1 aliphatic heterocycles. The van der Waals surface area contributed by atoms with Gasteiger partial charge < -0.3 is 9.84 Å². The van der Waals surface area contributed by atoms with E-state index in [2.05, 4.69) is 17.8 Å². The number of aliphatic hydroxyl groups excluding tert-OH is 1. The molecule has 0 saturated carbocycles. The lowest BCUT2D eigenvalue weighted by molar-refractivity contribution is -0.138.